The molecule has 1 N–H and O–H groups in total. The van der Waals surface area contributed by atoms with Gasteiger partial charge in [-0.2, -0.15) is 5.26 Å². The van der Waals surface area contributed by atoms with Gasteiger partial charge < -0.3 is 4.72 Å². The van der Waals surface area contributed by atoms with Crippen molar-refractivity contribution in [3.8, 4) is 6.07 Å². The van der Waals surface area contributed by atoms with Crippen molar-refractivity contribution in [3.63, 3.8) is 0 Å². The van der Waals surface area contributed by atoms with Gasteiger partial charge in [0.25, 0.3) is 0 Å². The Morgan fingerprint density at radius 3 is 2.25 bits per heavy atom. The summed E-state index contributed by atoms with van der Waals surface area (Å²) in [6.07, 6.45) is 0. The average molecular weight is 226 g/mol. The Balaban J connectivity index is 1.98. The molecule has 2 rings (SSSR count). The van der Waals surface area contributed by atoms with Crippen LogP contribution < -0.4 is 4.72 Å². The van der Waals surface area contributed by atoms with Gasteiger partial charge in [0.2, 0.25) is 0 Å². The van der Waals surface area contributed by atoms with Crippen LogP contribution in [0.3, 0.4) is 0 Å². The van der Waals surface area contributed by atoms with Crippen molar-refractivity contribution in [1.82, 2.24) is 0 Å². The van der Waals surface area contributed by atoms with Crippen LogP contribution in [0, 0.1) is 11.3 Å². The second-order valence-corrected chi connectivity index (χ2v) is 4.09. The summed E-state index contributed by atoms with van der Waals surface area (Å²) >= 11 is 1.55. The third kappa shape index (κ3) is 2.78. The highest BCUT2D eigenvalue weighted by Gasteiger charge is 1.94. The van der Waals surface area contributed by atoms with Gasteiger partial charge in [-0.05, 0) is 48.3 Å². The molecule has 0 atom stereocenters. The largest absolute Gasteiger partial charge is 0.326 e. The number of rotatable bonds is 3. The molecule has 0 spiro atoms. The van der Waals surface area contributed by atoms with Crippen LogP contribution in [0.1, 0.15) is 5.56 Å². The number of nitriles is 1. The van der Waals surface area contributed by atoms with Crippen LogP contribution in [0.4, 0.5) is 5.69 Å². The maximum Gasteiger partial charge on any atom is 0.0991 e. The van der Waals surface area contributed by atoms with Crippen molar-refractivity contribution < 1.29 is 0 Å². The minimum atomic E-state index is 0.676. The van der Waals surface area contributed by atoms with Crippen molar-refractivity contribution in [2.24, 2.45) is 0 Å². The molecule has 0 fully saturated rings. The maximum atomic E-state index is 8.66. The fraction of sp³-hybridized carbons (Fsp3) is 0. The van der Waals surface area contributed by atoms with Crippen molar-refractivity contribution >= 4 is 17.6 Å². The molecular formula is C13H10N2S. The highest BCUT2D eigenvalue weighted by molar-refractivity contribution is 8.00. The normalized spacial score (nSPS) is 9.44. The van der Waals surface area contributed by atoms with E-state index in [1.807, 2.05) is 42.5 Å². The lowest BCUT2D eigenvalue weighted by Gasteiger charge is -2.04. The van der Waals surface area contributed by atoms with Gasteiger partial charge in [0, 0.05) is 10.6 Å². The summed E-state index contributed by atoms with van der Waals surface area (Å²) in [6, 6.07) is 19.6. The van der Waals surface area contributed by atoms with Crippen molar-refractivity contribution in [3.05, 3.63) is 60.2 Å². The molecule has 0 aliphatic heterocycles. The third-order valence-electron chi connectivity index (χ3n) is 2.04. The molecule has 0 radical (unpaired) electrons. The zero-order chi connectivity index (χ0) is 11.2. The Morgan fingerprint density at radius 1 is 0.938 bits per heavy atom. The summed E-state index contributed by atoms with van der Waals surface area (Å²) in [5.41, 5.74) is 1.67. The maximum absolute atomic E-state index is 8.66. The lowest BCUT2D eigenvalue weighted by molar-refractivity contribution is 1.46. The van der Waals surface area contributed by atoms with E-state index in [2.05, 4.69) is 10.8 Å². The molecule has 0 saturated carbocycles. The second kappa shape index (κ2) is 5.24. The molecule has 0 unspecified atom stereocenters. The fourth-order valence-corrected chi connectivity index (χ4v) is 1.88. The smallest absolute Gasteiger partial charge is 0.0991 e. The van der Waals surface area contributed by atoms with Gasteiger partial charge in [-0.1, -0.05) is 18.2 Å². The summed E-state index contributed by atoms with van der Waals surface area (Å²) in [7, 11) is 0. The van der Waals surface area contributed by atoms with E-state index in [1.54, 1.807) is 24.1 Å². The van der Waals surface area contributed by atoms with E-state index in [1.165, 1.54) is 0 Å². The Morgan fingerprint density at radius 2 is 1.62 bits per heavy atom. The van der Waals surface area contributed by atoms with Gasteiger partial charge in [-0.25, -0.2) is 0 Å². The van der Waals surface area contributed by atoms with Gasteiger partial charge in [0.05, 0.1) is 11.6 Å². The lowest BCUT2D eigenvalue weighted by Crippen LogP contribution is -1.86. The fourth-order valence-electron chi connectivity index (χ4n) is 1.22. The first-order valence-electron chi connectivity index (χ1n) is 4.86. The zero-order valence-corrected chi connectivity index (χ0v) is 9.37. The van der Waals surface area contributed by atoms with E-state index in [-0.39, 0.29) is 0 Å². The third-order valence-corrected chi connectivity index (χ3v) is 2.89. The molecule has 0 amide bonds. The van der Waals surface area contributed by atoms with Gasteiger partial charge in [0.1, 0.15) is 0 Å². The van der Waals surface area contributed by atoms with E-state index in [0.717, 1.165) is 10.6 Å². The van der Waals surface area contributed by atoms with Crippen molar-refractivity contribution in [1.29, 1.82) is 5.26 Å². The topological polar surface area (TPSA) is 35.8 Å². The Kier molecular flexibility index (Phi) is 3.47. The molecule has 0 aliphatic rings. The van der Waals surface area contributed by atoms with Crippen LogP contribution in [0.5, 0.6) is 0 Å². The number of hydrogen-bond donors (Lipinski definition) is 1. The van der Waals surface area contributed by atoms with Gasteiger partial charge in [-0.3, -0.25) is 0 Å². The number of nitrogens with one attached hydrogen (secondary N) is 1. The standard InChI is InChI=1S/C13H10N2S/c14-10-11-6-8-12(9-7-11)15-16-13-4-2-1-3-5-13/h1-9,15H. The first kappa shape index (κ1) is 10.6. The summed E-state index contributed by atoms with van der Waals surface area (Å²) in [5, 5.41) is 8.66. The molecule has 2 nitrogen and oxygen atoms in total. The monoisotopic (exact) mass is 226 g/mol. The molecule has 0 aromatic heterocycles. The first-order chi connectivity index (χ1) is 7.88. The predicted molar refractivity (Wildman–Crippen MR) is 67.1 cm³/mol. The van der Waals surface area contributed by atoms with Crippen LogP contribution in [-0.2, 0) is 0 Å². The van der Waals surface area contributed by atoms with Crippen LogP contribution in [0.2, 0.25) is 0 Å². The summed E-state index contributed by atoms with van der Waals surface area (Å²) in [6.45, 7) is 0. The number of nitrogens with zero attached hydrogens (tertiary/aromatic N) is 1. The van der Waals surface area contributed by atoms with Crippen molar-refractivity contribution in [2.75, 3.05) is 4.72 Å². The Hall–Kier alpha value is -1.92. The minimum absolute atomic E-state index is 0.676. The lowest BCUT2D eigenvalue weighted by atomic mass is 10.2. The van der Waals surface area contributed by atoms with Gasteiger partial charge in [0.15, 0.2) is 0 Å². The van der Waals surface area contributed by atoms with Crippen LogP contribution in [0.25, 0.3) is 0 Å². The molecule has 0 bridgehead atoms. The highest BCUT2D eigenvalue weighted by Crippen LogP contribution is 2.20. The van der Waals surface area contributed by atoms with E-state index in [9.17, 15) is 0 Å². The van der Waals surface area contributed by atoms with Crippen LogP contribution >= 0.6 is 11.9 Å². The molecule has 2 aromatic rings. The SMILES string of the molecule is N#Cc1ccc(NSc2ccccc2)cc1. The number of hydrogen-bond acceptors (Lipinski definition) is 3. The van der Waals surface area contributed by atoms with Gasteiger partial charge in [-0.15, -0.1) is 0 Å². The molecule has 3 heteroatoms. The zero-order valence-electron chi connectivity index (χ0n) is 8.55. The highest BCUT2D eigenvalue weighted by atomic mass is 32.2. The second-order valence-electron chi connectivity index (χ2n) is 3.21. The molecule has 0 heterocycles. The van der Waals surface area contributed by atoms with Crippen LogP contribution in [0.15, 0.2) is 59.5 Å². The van der Waals surface area contributed by atoms with E-state index in [4.69, 9.17) is 5.26 Å². The number of benzene rings is 2. The molecule has 0 saturated heterocycles. The van der Waals surface area contributed by atoms with E-state index < -0.39 is 0 Å². The summed E-state index contributed by atoms with van der Waals surface area (Å²) in [4.78, 5) is 1.16. The molecule has 0 aliphatic carbocycles. The van der Waals surface area contributed by atoms with E-state index >= 15 is 0 Å². The molecule has 16 heavy (non-hydrogen) atoms. The first-order valence-corrected chi connectivity index (χ1v) is 5.68. The summed E-state index contributed by atoms with van der Waals surface area (Å²) < 4.78 is 3.22. The van der Waals surface area contributed by atoms with Crippen LogP contribution in [-0.4, -0.2) is 0 Å². The molecule has 78 valence electrons. The van der Waals surface area contributed by atoms with E-state index in [0.29, 0.717) is 5.56 Å². The Labute approximate surface area is 99.1 Å². The van der Waals surface area contributed by atoms with Crippen molar-refractivity contribution in [2.45, 2.75) is 4.90 Å². The minimum Gasteiger partial charge on any atom is -0.326 e. The Bertz CT molecular complexity index is 486. The molecular weight excluding hydrogens is 216 g/mol. The molecule has 2 aromatic carbocycles. The average Bonchev–Trinajstić information content (AvgIpc) is 2.38. The van der Waals surface area contributed by atoms with Gasteiger partial charge >= 0.3 is 0 Å². The quantitative estimate of drug-likeness (QED) is 0.811. The number of anilines is 1. The predicted octanol–water partition coefficient (Wildman–Crippen LogP) is 3.68. The summed E-state index contributed by atoms with van der Waals surface area (Å²) in [5.74, 6) is 0.